The Morgan fingerprint density at radius 3 is 0.873 bits per heavy atom. The Hall–Kier alpha value is -13.2. The first-order valence-corrected chi connectivity index (χ1v) is 37.0. The van der Waals surface area contributed by atoms with Crippen LogP contribution in [0.1, 0.15) is 44.5 Å². The van der Waals surface area contributed by atoms with Gasteiger partial charge in [0.25, 0.3) is 0 Å². The lowest BCUT2D eigenvalue weighted by molar-refractivity contribution is -0.660. The van der Waals surface area contributed by atoms with Crippen LogP contribution in [-0.4, -0.2) is 0 Å². The second-order valence-electron chi connectivity index (χ2n) is 29.0. The van der Waals surface area contributed by atoms with Gasteiger partial charge in [-0.3, -0.25) is 0 Å². The van der Waals surface area contributed by atoms with Crippen LogP contribution in [0.25, 0.3) is 166 Å². The van der Waals surface area contributed by atoms with Crippen LogP contribution in [-0.2, 0) is 35.2 Å². The molecule has 540 valence electrons. The number of para-hydroxylation sites is 5. The zero-order valence-electron chi connectivity index (χ0n) is 64.0. The fourth-order valence-electron chi connectivity index (χ4n) is 15.3. The highest BCUT2D eigenvalue weighted by Crippen LogP contribution is 2.40. The Bertz CT molecular complexity index is 7010. The van der Waals surface area contributed by atoms with E-state index in [4.69, 9.17) is 22.1 Å². The Labute approximate surface area is 636 Å². The second-order valence-corrected chi connectivity index (χ2v) is 29.0. The monoisotopic (exact) mass is 1450 g/mol. The van der Waals surface area contributed by atoms with Gasteiger partial charge in [-0.2, -0.15) is 0 Å². The van der Waals surface area contributed by atoms with Crippen molar-refractivity contribution in [1.82, 2.24) is 0 Å². The van der Waals surface area contributed by atoms with Crippen LogP contribution in [0.15, 0.2) is 296 Å². The summed E-state index contributed by atoms with van der Waals surface area (Å²) in [4.78, 5) is 0. The number of pyridine rings is 5. The van der Waals surface area contributed by atoms with Crippen molar-refractivity contribution in [1.29, 1.82) is 0 Å². The molecular formula is C98H84F2N5O5+5. The SMILES string of the molecule is Cc1cc2oc3c(F)cccc3c2cc1-c1cccc[n+]1C.Cc1cc2oc3ccccc3c2cc1-c1cccc[n+]1C.Cc1cc[n+](C)c(-c2cc3c(cc2C)oc2c(F)cccc23)c1.Cc1cc[n+](C)c(-c2cc3c(cc2C)oc2ccccc23)c1.Cc1ccc(-c2cc3c(cc2C)oc2ccccc23)[n+](C)c1. The average molecular weight is 1450 g/mol. The molecule has 0 radical (unpaired) electrons. The summed E-state index contributed by atoms with van der Waals surface area (Å²) in [6.45, 7) is 16.8. The topological polar surface area (TPSA) is 85.1 Å². The van der Waals surface area contributed by atoms with Crippen molar-refractivity contribution < 1.29 is 53.7 Å². The first kappa shape index (κ1) is 71.1. The molecule has 20 aromatic rings. The molecule has 0 spiro atoms. The molecule has 10 heterocycles. The molecule has 10 aromatic heterocycles. The van der Waals surface area contributed by atoms with E-state index in [2.05, 4.69) is 257 Å². The van der Waals surface area contributed by atoms with Crippen LogP contribution in [0, 0.1) is 67.0 Å². The summed E-state index contributed by atoms with van der Waals surface area (Å²) < 4.78 is 67.9. The minimum atomic E-state index is -0.321. The Kier molecular flexibility index (Phi) is 18.9. The summed E-state index contributed by atoms with van der Waals surface area (Å²) in [6.07, 6.45) is 10.4. The number of halogens is 2. The molecule has 0 fully saturated rings. The minimum absolute atomic E-state index is 0.320. The molecule has 0 saturated carbocycles. The second kappa shape index (κ2) is 29.2. The van der Waals surface area contributed by atoms with Crippen molar-refractivity contribution in [2.75, 3.05) is 0 Å². The number of fused-ring (bicyclic) bond motifs is 15. The van der Waals surface area contributed by atoms with Gasteiger partial charge < -0.3 is 22.1 Å². The number of nitrogens with zero attached hydrogens (tertiary/aromatic N) is 5. The number of hydrogen-bond donors (Lipinski definition) is 0. The van der Waals surface area contributed by atoms with Crippen molar-refractivity contribution >= 4 is 110 Å². The molecule has 0 aliphatic rings. The van der Waals surface area contributed by atoms with E-state index in [0.29, 0.717) is 11.2 Å². The number of hydrogen-bond acceptors (Lipinski definition) is 5. The van der Waals surface area contributed by atoms with E-state index in [1.54, 1.807) is 12.1 Å². The van der Waals surface area contributed by atoms with Crippen molar-refractivity contribution in [3.8, 4) is 56.3 Å². The fourth-order valence-corrected chi connectivity index (χ4v) is 15.3. The van der Waals surface area contributed by atoms with E-state index >= 15 is 0 Å². The van der Waals surface area contributed by atoms with Crippen LogP contribution >= 0.6 is 0 Å². The molecule has 0 aliphatic heterocycles. The van der Waals surface area contributed by atoms with Gasteiger partial charge in [-0.05, 0) is 204 Å². The number of rotatable bonds is 5. The standard InChI is InChI=1S/C20H17FNO.2C20H18NO.C19H15FNO.C19H16NO/c1-12-7-8-22(3)18(9-12)15-11-16-14-5-4-6-17(21)20(14)23-19(16)10-13(15)2;1-13-8-9-18(21(3)12-13)16-11-17-15-6-4-5-7-19(15)22-20(17)10-14(16)2;1-13-8-9-21(3)18(10-13)16-12-17-15-6-4-5-7-19(15)22-20(17)11-14(16)2;1-12-10-18-15(13-6-5-7-16(20)19(13)22-18)11-14(12)17-8-3-4-9-21(17)2;1-13-11-19-16(14-7-3-4-9-18(14)21-19)12-15(13)17-8-5-6-10-20(17)2/h4-11H,1-3H3;2*4-12H,1-3H3;3-11H,1-2H3;3-12H,1-2H3/q5*+1. The molecule has 0 N–H and O–H groups in total. The maximum absolute atomic E-state index is 14.0. The van der Waals surface area contributed by atoms with Gasteiger partial charge in [-0.15, -0.1) is 0 Å². The molecule has 110 heavy (non-hydrogen) atoms. The van der Waals surface area contributed by atoms with Crippen molar-refractivity contribution in [2.24, 2.45) is 35.2 Å². The molecule has 0 amide bonds. The van der Waals surface area contributed by atoms with Crippen molar-refractivity contribution in [3.63, 3.8) is 0 Å². The molecule has 10 nitrogen and oxygen atoms in total. The highest BCUT2D eigenvalue weighted by molar-refractivity contribution is 6.10. The van der Waals surface area contributed by atoms with Gasteiger partial charge in [0, 0.05) is 142 Å². The lowest BCUT2D eigenvalue weighted by atomic mass is 10.0. The Morgan fingerprint density at radius 1 is 0.218 bits per heavy atom. The van der Waals surface area contributed by atoms with Gasteiger partial charge >= 0.3 is 0 Å². The summed E-state index contributed by atoms with van der Waals surface area (Å²) >= 11 is 0. The Morgan fingerprint density at radius 2 is 0.518 bits per heavy atom. The lowest BCUT2D eigenvalue weighted by Gasteiger charge is -2.05. The molecule has 0 saturated heterocycles. The number of aromatic nitrogens is 5. The first-order chi connectivity index (χ1) is 53.2. The zero-order chi connectivity index (χ0) is 76.3. The maximum Gasteiger partial charge on any atom is 0.212 e. The van der Waals surface area contributed by atoms with Crippen LogP contribution < -0.4 is 22.8 Å². The van der Waals surface area contributed by atoms with Crippen LogP contribution in [0.4, 0.5) is 8.78 Å². The number of aryl methyl sites for hydroxylation is 13. The molecular weight excluding hydrogens is 1370 g/mol. The van der Waals surface area contributed by atoms with Gasteiger partial charge in [-0.1, -0.05) is 78.9 Å². The maximum atomic E-state index is 14.0. The van der Waals surface area contributed by atoms with Gasteiger partial charge in [0.05, 0.1) is 0 Å². The van der Waals surface area contributed by atoms with Crippen LogP contribution in [0.3, 0.4) is 0 Å². The van der Waals surface area contributed by atoms with Crippen molar-refractivity contribution in [2.45, 2.75) is 55.4 Å². The van der Waals surface area contributed by atoms with Gasteiger partial charge in [0.1, 0.15) is 79.9 Å². The third kappa shape index (κ3) is 13.5. The smallest absolute Gasteiger partial charge is 0.212 e. The summed E-state index contributed by atoms with van der Waals surface area (Å²) in [5, 5.41) is 10.6. The van der Waals surface area contributed by atoms with E-state index in [0.717, 1.165) is 99.9 Å². The van der Waals surface area contributed by atoms with E-state index in [1.807, 2.05) is 106 Å². The van der Waals surface area contributed by atoms with Crippen LogP contribution in [0.5, 0.6) is 0 Å². The highest BCUT2D eigenvalue weighted by Gasteiger charge is 2.23. The third-order valence-electron chi connectivity index (χ3n) is 21.1. The van der Waals surface area contributed by atoms with E-state index in [1.165, 1.54) is 112 Å². The average Bonchev–Trinajstić information content (AvgIpc) is 1.61. The minimum Gasteiger partial charge on any atom is -0.456 e. The van der Waals surface area contributed by atoms with Crippen molar-refractivity contribution in [3.05, 3.63) is 330 Å². The normalized spacial score (nSPS) is 11.4. The van der Waals surface area contributed by atoms with Gasteiger partial charge in [-0.25, -0.2) is 31.6 Å². The number of furan rings is 5. The predicted molar refractivity (Wildman–Crippen MR) is 439 cm³/mol. The highest BCUT2D eigenvalue weighted by atomic mass is 19.1. The number of benzene rings is 10. The van der Waals surface area contributed by atoms with Gasteiger partial charge in [0.15, 0.2) is 53.8 Å². The zero-order valence-corrected chi connectivity index (χ0v) is 64.0. The molecule has 20 rings (SSSR count). The molecule has 0 bridgehead atoms. The molecule has 10 aromatic carbocycles. The summed E-state index contributed by atoms with van der Waals surface area (Å²) in [6, 6.07) is 81.4. The third-order valence-corrected chi connectivity index (χ3v) is 21.1. The van der Waals surface area contributed by atoms with E-state index < -0.39 is 0 Å². The fraction of sp³-hybridized carbons (Fsp3) is 0.133. The van der Waals surface area contributed by atoms with E-state index in [9.17, 15) is 8.78 Å². The quantitative estimate of drug-likeness (QED) is 0.160. The molecule has 0 aliphatic carbocycles. The summed E-state index contributed by atoms with van der Waals surface area (Å²) in [5.41, 5.74) is 29.4. The largest absolute Gasteiger partial charge is 0.456 e. The molecule has 0 unspecified atom stereocenters. The lowest BCUT2D eigenvalue weighted by Crippen LogP contribution is -2.31. The summed E-state index contributed by atoms with van der Waals surface area (Å²) in [7, 11) is 10.3. The van der Waals surface area contributed by atoms with E-state index in [-0.39, 0.29) is 11.6 Å². The molecule has 12 heteroatoms. The predicted octanol–water partition coefficient (Wildman–Crippen LogP) is 23.1. The van der Waals surface area contributed by atoms with Crippen LogP contribution in [0.2, 0.25) is 0 Å². The Balaban J connectivity index is 0.000000104. The summed E-state index contributed by atoms with van der Waals surface area (Å²) in [5.74, 6) is -0.641. The first-order valence-electron chi connectivity index (χ1n) is 37.0. The molecule has 0 atom stereocenters. The van der Waals surface area contributed by atoms with Gasteiger partial charge in [0.2, 0.25) is 28.5 Å².